The molecule has 0 atom stereocenters. The third-order valence-corrected chi connectivity index (χ3v) is 4.60. The summed E-state index contributed by atoms with van der Waals surface area (Å²) < 4.78 is 85.0. The monoisotopic (exact) mass is 392 g/mol. The largest absolute Gasteiger partial charge is 0.482 e. The molecule has 0 fully saturated rings. The van der Waals surface area contributed by atoms with Crippen LogP contribution in [-0.4, -0.2) is 37.2 Å². The van der Waals surface area contributed by atoms with E-state index in [9.17, 15) is 31.1 Å². The highest BCUT2D eigenvalue weighted by atomic mass is 28.3. The molecule has 0 saturated carbocycles. The summed E-state index contributed by atoms with van der Waals surface area (Å²) in [4.78, 5) is 11.9. The molecule has 0 radical (unpaired) electrons. The normalized spacial score (nSPS) is 13.2. The molecule has 0 bridgehead atoms. The van der Waals surface area contributed by atoms with Crippen molar-refractivity contribution in [2.45, 2.75) is 44.8 Å². The Bertz CT molecular complexity index is 637. The van der Waals surface area contributed by atoms with Crippen LogP contribution in [0.15, 0.2) is 11.0 Å². The Morgan fingerprint density at radius 1 is 1.16 bits per heavy atom. The van der Waals surface area contributed by atoms with Gasteiger partial charge in [0.25, 0.3) is 5.56 Å². The van der Waals surface area contributed by atoms with E-state index < -0.39 is 50.6 Å². The number of hydrogen-bond donors (Lipinski definition) is 0. The quantitative estimate of drug-likeness (QED) is 0.405. The van der Waals surface area contributed by atoms with Gasteiger partial charge in [-0.05, 0) is 6.04 Å². The van der Waals surface area contributed by atoms with Gasteiger partial charge >= 0.3 is 12.4 Å². The number of alkyl halides is 6. The maximum Gasteiger partial charge on any atom is 0.425 e. The average Bonchev–Trinajstić information content (AvgIpc) is 2.39. The van der Waals surface area contributed by atoms with Crippen molar-refractivity contribution >= 4 is 8.07 Å². The van der Waals surface area contributed by atoms with Crippen LogP contribution in [0.25, 0.3) is 0 Å². The molecule has 0 aliphatic rings. The number of ether oxygens (including phenoxy) is 2. The fourth-order valence-electron chi connectivity index (χ4n) is 1.62. The van der Waals surface area contributed by atoms with E-state index in [2.05, 4.69) is 29.5 Å². The van der Waals surface area contributed by atoms with Crippen molar-refractivity contribution in [1.29, 1.82) is 0 Å². The van der Waals surface area contributed by atoms with E-state index in [1.54, 1.807) is 0 Å². The smallest absolute Gasteiger partial charge is 0.425 e. The van der Waals surface area contributed by atoms with Crippen molar-refractivity contribution < 1.29 is 35.8 Å². The second-order valence-corrected chi connectivity index (χ2v) is 12.1. The summed E-state index contributed by atoms with van der Waals surface area (Å²) >= 11 is 0. The summed E-state index contributed by atoms with van der Waals surface area (Å²) in [5, 5.41) is 3.39. The van der Waals surface area contributed by atoms with Gasteiger partial charge in [0.1, 0.15) is 6.73 Å². The van der Waals surface area contributed by atoms with E-state index in [1.807, 2.05) is 0 Å². The van der Waals surface area contributed by atoms with E-state index in [1.165, 1.54) is 0 Å². The van der Waals surface area contributed by atoms with Crippen molar-refractivity contribution in [2.24, 2.45) is 0 Å². The van der Waals surface area contributed by atoms with Gasteiger partial charge in [-0.3, -0.25) is 4.79 Å². The van der Waals surface area contributed by atoms with Crippen molar-refractivity contribution in [1.82, 2.24) is 9.78 Å². The molecule has 0 spiro atoms. The summed E-state index contributed by atoms with van der Waals surface area (Å²) in [6, 6.07) is 0.723. The van der Waals surface area contributed by atoms with E-state index in [4.69, 9.17) is 4.74 Å². The highest BCUT2D eigenvalue weighted by Gasteiger charge is 2.40. The standard InChI is InChI=1S/C13H18F6N2O3Si/c1-25(2,3)5-4-23-8-21-11(22)10(13(17,18)19)9(6-20-21)24-7-12(14,15)16/h6H,4-5,7-8H2,1-3H3. The number of rotatable bonds is 7. The maximum absolute atomic E-state index is 13.0. The first-order valence-electron chi connectivity index (χ1n) is 7.15. The fraction of sp³-hybridized carbons (Fsp3) is 0.692. The van der Waals surface area contributed by atoms with Gasteiger partial charge in [-0.15, -0.1) is 0 Å². The molecule has 0 aromatic carbocycles. The minimum Gasteiger partial charge on any atom is -0.482 e. The molecule has 1 rings (SSSR count). The molecule has 0 unspecified atom stereocenters. The van der Waals surface area contributed by atoms with E-state index in [0.717, 1.165) is 6.04 Å². The molecule has 0 aliphatic carbocycles. The van der Waals surface area contributed by atoms with Crippen LogP contribution < -0.4 is 10.3 Å². The SMILES string of the molecule is C[Si](C)(C)CCOCn1ncc(OCC(F)(F)F)c(C(F)(F)F)c1=O. The van der Waals surface area contributed by atoms with Crippen molar-refractivity contribution in [2.75, 3.05) is 13.2 Å². The minimum absolute atomic E-state index is 0.234. The zero-order valence-electron chi connectivity index (χ0n) is 13.8. The van der Waals surface area contributed by atoms with Crippen molar-refractivity contribution in [3.63, 3.8) is 0 Å². The minimum atomic E-state index is -5.19. The molecule has 0 N–H and O–H groups in total. The fourth-order valence-corrected chi connectivity index (χ4v) is 2.38. The van der Waals surface area contributed by atoms with Crippen LogP contribution in [0.3, 0.4) is 0 Å². The van der Waals surface area contributed by atoms with Gasteiger partial charge in [0.2, 0.25) is 0 Å². The molecule has 25 heavy (non-hydrogen) atoms. The Hall–Kier alpha value is -1.56. The summed E-state index contributed by atoms with van der Waals surface area (Å²) in [6.07, 6.45) is -9.61. The van der Waals surface area contributed by atoms with Crippen LogP contribution in [0, 0.1) is 0 Å². The van der Waals surface area contributed by atoms with Gasteiger partial charge in [0.15, 0.2) is 17.9 Å². The molecule has 144 valence electrons. The first-order valence-corrected chi connectivity index (χ1v) is 10.9. The molecule has 0 amide bonds. The summed E-state index contributed by atoms with van der Waals surface area (Å²) in [6.45, 7) is 3.93. The molecule has 12 heteroatoms. The van der Waals surface area contributed by atoms with Crippen LogP contribution in [0.4, 0.5) is 26.3 Å². The molecular formula is C13H18F6N2O3Si. The Balaban J connectivity index is 2.98. The third kappa shape index (κ3) is 7.46. The predicted octanol–water partition coefficient (Wildman–Crippen LogP) is 3.52. The molecule has 5 nitrogen and oxygen atoms in total. The van der Waals surface area contributed by atoms with E-state index >= 15 is 0 Å². The predicted molar refractivity (Wildman–Crippen MR) is 79.2 cm³/mol. The van der Waals surface area contributed by atoms with E-state index in [0.29, 0.717) is 10.9 Å². The lowest BCUT2D eigenvalue weighted by atomic mass is 10.2. The molecule has 0 aliphatic heterocycles. The highest BCUT2D eigenvalue weighted by molar-refractivity contribution is 6.76. The van der Waals surface area contributed by atoms with Gasteiger partial charge in [0.05, 0.1) is 6.20 Å². The van der Waals surface area contributed by atoms with E-state index in [-0.39, 0.29) is 6.61 Å². The lowest BCUT2D eigenvalue weighted by molar-refractivity contribution is -0.159. The number of hydrogen-bond acceptors (Lipinski definition) is 4. The average molecular weight is 392 g/mol. The van der Waals surface area contributed by atoms with Gasteiger partial charge in [-0.1, -0.05) is 19.6 Å². The molecular weight excluding hydrogens is 374 g/mol. The first-order chi connectivity index (χ1) is 11.2. The molecule has 0 saturated heterocycles. The highest BCUT2D eigenvalue weighted by Crippen LogP contribution is 2.33. The number of aromatic nitrogens is 2. The molecule has 1 aromatic rings. The van der Waals surface area contributed by atoms with Crippen molar-refractivity contribution in [3.8, 4) is 5.75 Å². The Labute approximate surface area is 140 Å². The van der Waals surface area contributed by atoms with Gasteiger partial charge in [-0.25, -0.2) is 4.68 Å². The van der Waals surface area contributed by atoms with Crippen LogP contribution in [0.5, 0.6) is 5.75 Å². The van der Waals surface area contributed by atoms with Gasteiger partial charge < -0.3 is 9.47 Å². The lowest BCUT2D eigenvalue weighted by Gasteiger charge is -2.17. The second-order valence-electron chi connectivity index (χ2n) is 6.44. The first kappa shape index (κ1) is 21.5. The summed E-state index contributed by atoms with van der Waals surface area (Å²) in [5.41, 5.74) is -3.47. The topological polar surface area (TPSA) is 53.4 Å². The molecule has 1 aromatic heterocycles. The Kier molecular flexibility index (Phi) is 6.67. The zero-order valence-corrected chi connectivity index (χ0v) is 14.8. The summed E-state index contributed by atoms with van der Waals surface area (Å²) in [5.74, 6) is -1.27. The van der Waals surface area contributed by atoms with Crippen molar-refractivity contribution in [3.05, 3.63) is 22.1 Å². The maximum atomic E-state index is 13.0. The number of nitrogens with zero attached hydrogens (tertiary/aromatic N) is 2. The van der Waals surface area contributed by atoms with Gasteiger partial charge in [-0.2, -0.15) is 31.4 Å². The molecule has 1 heterocycles. The van der Waals surface area contributed by atoms with Crippen LogP contribution in [0.1, 0.15) is 5.56 Å². The second kappa shape index (κ2) is 7.77. The zero-order chi connectivity index (χ0) is 19.5. The van der Waals surface area contributed by atoms with Crippen LogP contribution in [-0.2, 0) is 17.6 Å². The Morgan fingerprint density at radius 2 is 1.76 bits per heavy atom. The van der Waals surface area contributed by atoms with Crippen LogP contribution in [0.2, 0.25) is 25.7 Å². The third-order valence-electron chi connectivity index (χ3n) is 2.89. The summed E-state index contributed by atoms with van der Waals surface area (Å²) in [7, 11) is -1.43. The van der Waals surface area contributed by atoms with Crippen LogP contribution >= 0.6 is 0 Å². The van der Waals surface area contributed by atoms with Gasteiger partial charge in [0, 0.05) is 14.7 Å². The lowest BCUT2D eigenvalue weighted by Crippen LogP contribution is -2.33. The number of halogens is 6. The Morgan fingerprint density at radius 3 is 2.24 bits per heavy atom.